The quantitative estimate of drug-likeness (QED) is 0.325. The van der Waals surface area contributed by atoms with E-state index in [0.29, 0.717) is 37.8 Å². The fourth-order valence-electron chi connectivity index (χ4n) is 2.96. The summed E-state index contributed by atoms with van der Waals surface area (Å²) in [5.74, 6) is 0.600. The Balaban J connectivity index is 0.00000392. The number of benzene rings is 1. The number of carbonyl (C=O) groups excluding carboxylic acids is 2. The van der Waals surface area contributed by atoms with Crippen LogP contribution in [0.3, 0.4) is 0 Å². The van der Waals surface area contributed by atoms with Crippen LogP contribution in [0.25, 0.3) is 0 Å². The van der Waals surface area contributed by atoms with E-state index in [1.807, 2.05) is 25.1 Å². The Morgan fingerprint density at radius 1 is 1.29 bits per heavy atom. The third-order valence-electron chi connectivity index (χ3n) is 4.46. The molecule has 3 N–H and O–H groups in total. The van der Waals surface area contributed by atoms with Crippen LogP contribution in [-0.4, -0.2) is 62.7 Å². The summed E-state index contributed by atoms with van der Waals surface area (Å²) < 4.78 is 5.04. The number of hydrogen-bond donors (Lipinski definition) is 3. The number of carbonyl (C=O) groups is 2. The third kappa shape index (κ3) is 7.17. The molecule has 0 unspecified atom stereocenters. The largest absolute Gasteiger partial charge is 0.450 e. The summed E-state index contributed by atoms with van der Waals surface area (Å²) in [5, 5.41) is 9.30. The number of halogens is 1. The zero-order valence-electron chi connectivity index (χ0n) is 16.7. The van der Waals surface area contributed by atoms with Crippen molar-refractivity contribution in [2.24, 2.45) is 4.99 Å². The van der Waals surface area contributed by atoms with Gasteiger partial charge in [-0.3, -0.25) is 9.79 Å². The number of nitrogens with one attached hydrogen (secondary N) is 3. The zero-order chi connectivity index (χ0) is 19.6. The van der Waals surface area contributed by atoms with Gasteiger partial charge in [0, 0.05) is 45.3 Å². The van der Waals surface area contributed by atoms with E-state index in [4.69, 9.17) is 4.74 Å². The van der Waals surface area contributed by atoms with E-state index in [2.05, 4.69) is 20.9 Å². The van der Waals surface area contributed by atoms with Gasteiger partial charge in [0.05, 0.1) is 6.61 Å². The number of ether oxygens (including phenoxy) is 1. The van der Waals surface area contributed by atoms with Gasteiger partial charge in [-0.05, 0) is 37.5 Å². The molecule has 8 nitrogen and oxygen atoms in total. The lowest BCUT2D eigenvalue weighted by molar-refractivity contribution is 0.0955. The summed E-state index contributed by atoms with van der Waals surface area (Å²) >= 11 is 0. The van der Waals surface area contributed by atoms with Crippen LogP contribution in [0, 0.1) is 0 Å². The Hall–Kier alpha value is -2.04. The molecule has 28 heavy (non-hydrogen) atoms. The molecule has 2 amide bonds. The second-order valence-corrected chi connectivity index (χ2v) is 6.31. The number of hydrogen-bond acceptors (Lipinski definition) is 4. The second kappa shape index (κ2) is 12.4. The van der Waals surface area contributed by atoms with Crippen LogP contribution < -0.4 is 16.0 Å². The maximum atomic E-state index is 11.8. The van der Waals surface area contributed by atoms with E-state index < -0.39 is 0 Å². The van der Waals surface area contributed by atoms with E-state index in [1.54, 1.807) is 25.1 Å². The smallest absolute Gasteiger partial charge is 0.409 e. The summed E-state index contributed by atoms with van der Waals surface area (Å²) in [6.45, 7) is 4.11. The molecule has 0 radical (unpaired) electrons. The van der Waals surface area contributed by atoms with Crippen molar-refractivity contribution in [2.75, 3.05) is 33.8 Å². The number of piperidine rings is 1. The van der Waals surface area contributed by atoms with E-state index >= 15 is 0 Å². The predicted molar refractivity (Wildman–Crippen MR) is 120 cm³/mol. The highest BCUT2D eigenvalue weighted by Crippen LogP contribution is 2.11. The molecule has 0 bridgehead atoms. The maximum Gasteiger partial charge on any atom is 0.409 e. The molecule has 0 spiro atoms. The van der Waals surface area contributed by atoms with Crippen LogP contribution in [0.4, 0.5) is 4.79 Å². The lowest BCUT2D eigenvalue weighted by Gasteiger charge is -2.32. The predicted octanol–water partition coefficient (Wildman–Crippen LogP) is 1.95. The molecule has 1 aromatic carbocycles. The van der Waals surface area contributed by atoms with Crippen molar-refractivity contribution < 1.29 is 14.3 Å². The highest BCUT2D eigenvalue weighted by Gasteiger charge is 2.24. The van der Waals surface area contributed by atoms with Crippen molar-refractivity contribution in [3.8, 4) is 0 Å². The van der Waals surface area contributed by atoms with E-state index in [1.165, 1.54) is 0 Å². The Labute approximate surface area is 183 Å². The number of aliphatic imine (C=N–C) groups is 1. The highest BCUT2D eigenvalue weighted by molar-refractivity contribution is 14.0. The van der Waals surface area contributed by atoms with Gasteiger partial charge in [-0.1, -0.05) is 12.1 Å². The van der Waals surface area contributed by atoms with E-state index in [0.717, 1.165) is 18.4 Å². The molecule has 2 rings (SSSR count). The first-order chi connectivity index (χ1) is 13.1. The van der Waals surface area contributed by atoms with Crippen molar-refractivity contribution in [3.63, 3.8) is 0 Å². The molecule has 1 fully saturated rings. The van der Waals surface area contributed by atoms with Gasteiger partial charge >= 0.3 is 6.09 Å². The number of guanidine groups is 1. The minimum Gasteiger partial charge on any atom is -0.450 e. The maximum absolute atomic E-state index is 11.8. The fourth-order valence-corrected chi connectivity index (χ4v) is 2.96. The van der Waals surface area contributed by atoms with Crippen LogP contribution in [-0.2, 0) is 11.3 Å². The summed E-state index contributed by atoms with van der Waals surface area (Å²) in [7, 11) is 3.34. The molecule has 1 aliphatic rings. The number of amides is 2. The average molecular weight is 503 g/mol. The van der Waals surface area contributed by atoms with Gasteiger partial charge in [-0.25, -0.2) is 4.79 Å². The van der Waals surface area contributed by atoms with Crippen LogP contribution >= 0.6 is 24.0 Å². The summed E-state index contributed by atoms with van der Waals surface area (Å²) in [6.07, 6.45) is 1.44. The van der Waals surface area contributed by atoms with E-state index in [-0.39, 0.29) is 42.0 Å². The van der Waals surface area contributed by atoms with Crippen molar-refractivity contribution in [1.29, 1.82) is 0 Å². The normalized spacial score (nSPS) is 14.7. The molecule has 1 aliphatic heterocycles. The van der Waals surface area contributed by atoms with Crippen LogP contribution in [0.5, 0.6) is 0 Å². The van der Waals surface area contributed by atoms with Crippen LogP contribution in [0.1, 0.15) is 35.7 Å². The molecule has 0 saturated carbocycles. The first-order valence-corrected chi connectivity index (χ1v) is 9.27. The van der Waals surface area contributed by atoms with Crippen molar-refractivity contribution >= 4 is 41.9 Å². The summed E-state index contributed by atoms with van der Waals surface area (Å²) in [4.78, 5) is 29.5. The fraction of sp³-hybridized carbons (Fsp3) is 0.526. The first kappa shape index (κ1) is 24.0. The summed E-state index contributed by atoms with van der Waals surface area (Å²) in [6, 6.07) is 7.72. The second-order valence-electron chi connectivity index (χ2n) is 6.31. The van der Waals surface area contributed by atoms with Crippen LogP contribution in [0.15, 0.2) is 29.3 Å². The zero-order valence-corrected chi connectivity index (χ0v) is 19.0. The highest BCUT2D eigenvalue weighted by atomic mass is 127. The monoisotopic (exact) mass is 503 g/mol. The Morgan fingerprint density at radius 2 is 2.00 bits per heavy atom. The Bertz CT molecular complexity index is 675. The lowest BCUT2D eigenvalue weighted by Crippen LogP contribution is -2.49. The standard InChI is InChI=1S/C19H29N5O3.HI/c1-4-27-19(26)24-10-8-16(9-11-24)23-18(21-3)22-13-14-6-5-7-15(12-14)17(25)20-2;/h5-7,12,16H,4,8-11,13H2,1-3H3,(H,20,25)(H2,21,22,23);1H. The lowest BCUT2D eigenvalue weighted by atomic mass is 10.1. The number of nitrogens with zero attached hydrogens (tertiary/aromatic N) is 2. The van der Waals surface area contributed by atoms with Gasteiger partial charge in [0.15, 0.2) is 5.96 Å². The van der Waals surface area contributed by atoms with Gasteiger partial charge in [0.25, 0.3) is 5.91 Å². The van der Waals surface area contributed by atoms with Gasteiger partial charge in [-0.2, -0.15) is 0 Å². The van der Waals surface area contributed by atoms with Gasteiger partial charge < -0.3 is 25.6 Å². The van der Waals surface area contributed by atoms with Gasteiger partial charge in [0.2, 0.25) is 0 Å². The van der Waals surface area contributed by atoms with Crippen molar-refractivity contribution in [3.05, 3.63) is 35.4 Å². The summed E-state index contributed by atoms with van der Waals surface area (Å²) in [5.41, 5.74) is 1.63. The van der Waals surface area contributed by atoms with Crippen molar-refractivity contribution in [1.82, 2.24) is 20.9 Å². The van der Waals surface area contributed by atoms with Gasteiger partial charge in [-0.15, -0.1) is 24.0 Å². The molecule has 156 valence electrons. The number of rotatable bonds is 5. The minimum absolute atomic E-state index is 0. The Kier molecular flexibility index (Phi) is 10.6. The molecule has 0 aliphatic carbocycles. The Morgan fingerprint density at radius 3 is 2.61 bits per heavy atom. The molecule has 1 aromatic rings. The molecular formula is C19H30IN5O3. The SMILES string of the molecule is CCOC(=O)N1CCC(NC(=NC)NCc2cccc(C(=O)NC)c2)CC1.I. The molecule has 0 aromatic heterocycles. The number of likely N-dealkylation sites (tertiary alicyclic amines) is 1. The first-order valence-electron chi connectivity index (χ1n) is 9.27. The molecule has 9 heteroatoms. The molecular weight excluding hydrogens is 473 g/mol. The van der Waals surface area contributed by atoms with Crippen LogP contribution in [0.2, 0.25) is 0 Å². The molecule has 1 saturated heterocycles. The van der Waals surface area contributed by atoms with Crippen molar-refractivity contribution in [2.45, 2.75) is 32.4 Å². The van der Waals surface area contributed by atoms with Gasteiger partial charge in [0.1, 0.15) is 0 Å². The average Bonchev–Trinajstić information content (AvgIpc) is 2.71. The molecule has 0 atom stereocenters. The third-order valence-corrected chi connectivity index (χ3v) is 4.46. The van der Waals surface area contributed by atoms with E-state index in [9.17, 15) is 9.59 Å². The minimum atomic E-state index is -0.241. The topological polar surface area (TPSA) is 95.1 Å². The molecule has 1 heterocycles.